The summed E-state index contributed by atoms with van der Waals surface area (Å²) >= 11 is 12.6. The van der Waals surface area contributed by atoms with Crippen LogP contribution >= 0.6 is 23.2 Å². The predicted octanol–water partition coefficient (Wildman–Crippen LogP) is 5.54. The number of amides is 2. The summed E-state index contributed by atoms with van der Waals surface area (Å²) in [6.07, 6.45) is 6.66. The van der Waals surface area contributed by atoms with Crippen LogP contribution in [0.2, 0.25) is 10.0 Å². The van der Waals surface area contributed by atoms with E-state index in [4.69, 9.17) is 23.2 Å². The molecule has 0 bridgehead atoms. The second kappa shape index (κ2) is 9.52. The number of hydrogen-bond acceptors (Lipinski definition) is 3. The first-order valence-corrected chi connectivity index (χ1v) is 13.0. The molecule has 2 unspecified atom stereocenters. The van der Waals surface area contributed by atoms with Crippen molar-refractivity contribution in [2.75, 3.05) is 11.9 Å². The first-order chi connectivity index (χ1) is 16.3. The largest absolute Gasteiger partial charge is 0.352 e. The summed E-state index contributed by atoms with van der Waals surface area (Å²) in [5.74, 6) is 0.435. The molecule has 3 aliphatic rings. The Hall–Kier alpha value is -2.08. The van der Waals surface area contributed by atoms with Crippen molar-refractivity contribution in [1.29, 1.82) is 0 Å². The molecule has 7 heteroatoms. The Kier molecular flexibility index (Phi) is 6.62. The molecular weight excluding hydrogens is 469 g/mol. The minimum absolute atomic E-state index is 0.00932. The topological polar surface area (TPSA) is 61.4 Å². The van der Waals surface area contributed by atoms with Gasteiger partial charge in [-0.2, -0.15) is 0 Å². The molecule has 1 aliphatic heterocycles. The van der Waals surface area contributed by atoms with Gasteiger partial charge in [-0.05, 0) is 74.3 Å². The molecule has 3 atom stereocenters. The number of nitrogens with one attached hydrogen (secondary N) is 2. The van der Waals surface area contributed by atoms with Crippen LogP contribution in [0.25, 0.3) is 0 Å². The van der Waals surface area contributed by atoms with Crippen LogP contribution in [0, 0.1) is 5.92 Å². The zero-order chi connectivity index (χ0) is 23.9. The van der Waals surface area contributed by atoms with Crippen LogP contribution < -0.4 is 10.6 Å². The van der Waals surface area contributed by atoms with Gasteiger partial charge in [-0.15, -0.1) is 0 Å². The van der Waals surface area contributed by atoms with Crippen LogP contribution in [0.3, 0.4) is 0 Å². The van der Waals surface area contributed by atoms with Gasteiger partial charge >= 0.3 is 0 Å². The van der Waals surface area contributed by atoms with Gasteiger partial charge in [-0.3, -0.25) is 14.5 Å². The van der Waals surface area contributed by atoms with E-state index in [1.807, 2.05) is 36.4 Å². The Balaban J connectivity index is 1.60. The molecule has 2 saturated carbocycles. The van der Waals surface area contributed by atoms with Gasteiger partial charge < -0.3 is 10.6 Å². The van der Waals surface area contributed by atoms with E-state index in [0.717, 1.165) is 55.3 Å². The number of fused-ring (bicyclic) bond motifs is 1. The first kappa shape index (κ1) is 23.7. The molecule has 2 amide bonds. The third-order valence-corrected chi connectivity index (χ3v) is 8.25. The van der Waals surface area contributed by atoms with Crippen molar-refractivity contribution < 1.29 is 9.59 Å². The number of carbonyl (C=O) groups excluding carboxylic acids is 2. The third-order valence-electron chi connectivity index (χ3n) is 7.78. The van der Waals surface area contributed by atoms with Crippen LogP contribution in [-0.2, 0) is 21.5 Å². The highest BCUT2D eigenvalue weighted by atomic mass is 35.5. The molecule has 2 N–H and O–H groups in total. The molecule has 5 rings (SSSR count). The average molecular weight is 500 g/mol. The lowest BCUT2D eigenvalue weighted by Crippen LogP contribution is -2.59. The second-order valence-corrected chi connectivity index (χ2v) is 11.1. The molecule has 5 nitrogen and oxygen atoms in total. The van der Waals surface area contributed by atoms with Crippen LogP contribution in [0.1, 0.15) is 56.6 Å². The van der Waals surface area contributed by atoms with E-state index in [2.05, 4.69) is 22.5 Å². The highest BCUT2D eigenvalue weighted by molar-refractivity contribution is 6.31. The molecule has 2 fully saturated rings. The molecule has 1 heterocycles. The van der Waals surface area contributed by atoms with Gasteiger partial charge in [0.15, 0.2) is 0 Å². The lowest BCUT2D eigenvalue weighted by molar-refractivity contribution is -0.134. The maximum absolute atomic E-state index is 13.9. The van der Waals surface area contributed by atoms with Crippen molar-refractivity contribution >= 4 is 40.7 Å². The standard InChI is InChI=1S/C27H31Cl2N3O2/c1-17-8-10-22(12-17)32(16-25(33)30-21-6-3-7-21)27(15-18-4-2-5-19(28)13-18)23-11-9-20(29)14-24(23)31-26(27)34/h2,4-5,9,11,13-14,17,21-22H,3,6-8,10,12,15-16H2,1H3,(H,30,33)(H,31,34)/t17-,22?,27?/m1/s1. The van der Waals surface area contributed by atoms with Gasteiger partial charge in [0, 0.05) is 39.8 Å². The van der Waals surface area contributed by atoms with Gasteiger partial charge in [-0.1, -0.05) is 48.3 Å². The summed E-state index contributed by atoms with van der Waals surface area (Å²) in [4.78, 5) is 29.4. The Morgan fingerprint density at radius 1 is 1.12 bits per heavy atom. The smallest absolute Gasteiger partial charge is 0.249 e. The fourth-order valence-electron chi connectivity index (χ4n) is 5.85. The highest BCUT2D eigenvalue weighted by Crippen LogP contribution is 2.47. The number of hydrogen-bond donors (Lipinski definition) is 2. The second-order valence-electron chi connectivity index (χ2n) is 10.2. The Morgan fingerprint density at radius 3 is 2.59 bits per heavy atom. The normalized spacial score (nSPS) is 26.3. The minimum Gasteiger partial charge on any atom is -0.352 e. The zero-order valence-electron chi connectivity index (χ0n) is 19.4. The molecule has 0 spiro atoms. The number of halogens is 2. The van der Waals surface area contributed by atoms with Gasteiger partial charge in [0.1, 0.15) is 5.54 Å². The van der Waals surface area contributed by atoms with E-state index < -0.39 is 5.54 Å². The minimum atomic E-state index is -1.02. The summed E-state index contributed by atoms with van der Waals surface area (Å²) in [6, 6.07) is 13.6. The van der Waals surface area contributed by atoms with E-state index in [1.165, 1.54) is 0 Å². The van der Waals surface area contributed by atoms with Crippen LogP contribution in [0.15, 0.2) is 42.5 Å². The van der Waals surface area contributed by atoms with E-state index in [0.29, 0.717) is 22.4 Å². The van der Waals surface area contributed by atoms with Crippen LogP contribution in [-0.4, -0.2) is 35.3 Å². The summed E-state index contributed by atoms with van der Waals surface area (Å²) in [6.45, 7) is 2.43. The molecule has 180 valence electrons. The van der Waals surface area contributed by atoms with E-state index >= 15 is 0 Å². The zero-order valence-corrected chi connectivity index (χ0v) is 21.0. The monoisotopic (exact) mass is 499 g/mol. The van der Waals surface area contributed by atoms with Crippen molar-refractivity contribution in [3.63, 3.8) is 0 Å². The van der Waals surface area contributed by atoms with Crippen molar-refractivity contribution in [2.45, 2.75) is 69.5 Å². The lowest BCUT2D eigenvalue weighted by Gasteiger charge is -2.44. The van der Waals surface area contributed by atoms with Gasteiger partial charge in [-0.25, -0.2) is 0 Å². The van der Waals surface area contributed by atoms with Crippen LogP contribution in [0.5, 0.6) is 0 Å². The molecule has 0 radical (unpaired) electrons. The van der Waals surface area contributed by atoms with Gasteiger partial charge in [0.05, 0.1) is 6.54 Å². The quantitative estimate of drug-likeness (QED) is 0.525. The Morgan fingerprint density at radius 2 is 1.91 bits per heavy atom. The SMILES string of the molecule is C[C@@H]1CCC(N(CC(=O)NC2CCC2)C2(Cc3cccc(Cl)c3)C(=O)Nc3cc(Cl)ccc32)C1. The number of carbonyl (C=O) groups is 2. The summed E-state index contributed by atoms with van der Waals surface area (Å²) in [5, 5.41) is 7.48. The molecule has 0 aromatic heterocycles. The molecule has 0 saturated heterocycles. The number of anilines is 1. The molecule has 2 aromatic carbocycles. The fraction of sp³-hybridized carbons (Fsp3) is 0.481. The summed E-state index contributed by atoms with van der Waals surface area (Å²) < 4.78 is 0. The summed E-state index contributed by atoms with van der Waals surface area (Å²) in [5.41, 5.74) is 1.53. The Bertz CT molecular complexity index is 1100. The van der Waals surface area contributed by atoms with E-state index in [-0.39, 0.29) is 30.4 Å². The first-order valence-electron chi connectivity index (χ1n) is 12.3. The maximum Gasteiger partial charge on any atom is 0.249 e. The van der Waals surface area contributed by atoms with E-state index in [9.17, 15) is 9.59 Å². The van der Waals surface area contributed by atoms with Crippen LogP contribution in [0.4, 0.5) is 5.69 Å². The third kappa shape index (κ3) is 4.46. The molecule has 34 heavy (non-hydrogen) atoms. The molecule has 2 aromatic rings. The summed E-state index contributed by atoms with van der Waals surface area (Å²) in [7, 11) is 0. The lowest BCUT2D eigenvalue weighted by atomic mass is 9.81. The van der Waals surface area contributed by atoms with Crippen molar-refractivity contribution in [1.82, 2.24) is 10.2 Å². The van der Waals surface area contributed by atoms with Crippen molar-refractivity contribution in [2.24, 2.45) is 5.92 Å². The molecular formula is C27H31Cl2N3O2. The average Bonchev–Trinajstić information content (AvgIpc) is 3.30. The predicted molar refractivity (Wildman–Crippen MR) is 136 cm³/mol. The Labute approximate surface area is 211 Å². The number of rotatable bonds is 7. The number of nitrogens with zero attached hydrogens (tertiary/aromatic N) is 1. The van der Waals surface area contributed by atoms with Crippen molar-refractivity contribution in [3.8, 4) is 0 Å². The number of benzene rings is 2. The fourth-order valence-corrected chi connectivity index (χ4v) is 6.23. The van der Waals surface area contributed by atoms with Gasteiger partial charge in [0.2, 0.25) is 11.8 Å². The van der Waals surface area contributed by atoms with Gasteiger partial charge in [0.25, 0.3) is 0 Å². The molecule has 2 aliphatic carbocycles. The maximum atomic E-state index is 13.9. The van der Waals surface area contributed by atoms with Crippen molar-refractivity contribution in [3.05, 3.63) is 63.6 Å². The van der Waals surface area contributed by atoms with E-state index in [1.54, 1.807) is 6.07 Å². The highest BCUT2D eigenvalue weighted by Gasteiger charge is 2.54.